The van der Waals surface area contributed by atoms with Gasteiger partial charge in [0.15, 0.2) is 5.76 Å². The summed E-state index contributed by atoms with van der Waals surface area (Å²) in [5.74, 6) is 0.389. The van der Waals surface area contributed by atoms with E-state index in [1.54, 1.807) is 17.0 Å². The van der Waals surface area contributed by atoms with Crippen LogP contribution in [0.1, 0.15) is 28.1 Å². The molecule has 2 amide bonds. The molecule has 2 unspecified atom stereocenters. The molecule has 0 spiro atoms. The molecule has 2 atom stereocenters. The van der Waals surface area contributed by atoms with E-state index in [0.717, 1.165) is 17.5 Å². The molecular formula is C20H23N3O3. The third-order valence-corrected chi connectivity index (χ3v) is 5.46. The van der Waals surface area contributed by atoms with Crippen LogP contribution < -0.4 is 5.73 Å². The van der Waals surface area contributed by atoms with E-state index in [0.29, 0.717) is 38.5 Å². The number of benzene rings is 1. The Bertz CT molecular complexity index is 802. The number of hydrogen-bond acceptors (Lipinski definition) is 4. The van der Waals surface area contributed by atoms with E-state index in [1.165, 1.54) is 6.26 Å². The first kappa shape index (κ1) is 16.8. The Morgan fingerprint density at radius 3 is 2.65 bits per heavy atom. The Morgan fingerprint density at radius 2 is 1.96 bits per heavy atom. The van der Waals surface area contributed by atoms with E-state index in [9.17, 15) is 9.59 Å². The van der Waals surface area contributed by atoms with Gasteiger partial charge in [-0.15, -0.1) is 0 Å². The molecule has 0 bridgehead atoms. The Labute approximate surface area is 152 Å². The predicted octanol–water partition coefficient (Wildman–Crippen LogP) is 1.65. The highest BCUT2D eigenvalue weighted by Crippen LogP contribution is 2.27. The molecule has 26 heavy (non-hydrogen) atoms. The van der Waals surface area contributed by atoms with E-state index in [2.05, 4.69) is 0 Å². The summed E-state index contributed by atoms with van der Waals surface area (Å²) in [7, 11) is 0. The van der Waals surface area contributed by atoms with Gasteiger partial charge in [-0.25, -0.2) is 0 Å². The molecule has 1 saturated heterocycles. The maximum absolute atomic E-state index is 13.2. The maximum Gasteiger partial charge on any atom is 0.290 e. The highest BCUT2D eigenvalue weighted by Gasteiger charge is 2.39. The van der Waals surface area contributed by atoms with E-state index >= 15 is 0 Å². The Kier molecular flexibility index (Phi) is 4.51. The second-order valence-corrected chi connectivity index (χ2v) is 7.07. The lowest BCUT2D eigenvalue weighted by Crippen LogP contribution is -2.53. The first-order valence-corrected chi connectivity index (χ1v) is 9.07. The summed E-state index contributed by atoms with van der Waals surface area (Å²) in [5.41, 5.74) is 7.97. The van der Waals surface area contributed by atoms with Crippen molar-refractivity contribution in [2.45, 2.75) is 25.4 Å². The van der Waals surface area contributed by atoms with Crippen LogP contribution in [0, 0.1) is 5.92 Å². The van der Waals surface area contributed by atoms with Crippen LogP contribution in [-0.2, 0) is 17.8 Å². The molecule has 2 aliphatic heterocycles. The van der Waals surface area contributed by atoms with E-state index < -0.39 is 6.04 Å². The third kappa shape index (κ3) is 3.01. The molecular weight excluding hydrogens is 330 g/mol. The second-order valence-electron chi connectivity index (χ2n) is 7.07. The predicted molar refractivity (Wildman–Crippen MR) is 96.3 cm³/mol. The molecule has 6 heteroatoms. The molecule has 1 aromatic carbocycles. The molecule has 0 saturated carbocycles. The molecule has 136 valence electrons. The molecule has 1 aromatic heterocycles. The molecule has 0 radical (unpaired) electrons. The summed E-state index contributed by atoms with van der Waals surface area (Å²) in [4.78, 5) is 29.7. The highest BCUT2D eigenvalue weighted by molar-refractivity contribution is 5.96. The molecule has 2 N–H and O–H groups in total. The van der Waals surface area contributed by atoms with E-state index in [-0.39, 0.29) is 17.6 Å². The SMILES string of the molecule is NCC1CCN(C(=O)C2Cc3ccccc3CN2C(=O)c2ccco2)C1. The van der Waals surface area contributed by atoms with Crippen molar-refractivity contribution >= 4 is 11.8 Å². The monoisotopic (exact) mass is 353 g/mol. The lowest BCUT2D eigenvalue weighted by molar-refractivity contribution is -0.135. The number of carbonyl (C=O) groups is 2. The van der Waals surface area contributed by atoms with Gasteiger partial charge in [0, 0.05) is 26.1 Å². The van der Waals surface area contributed by atoms with Crippen molar-refractivity contribution < 1.29 is 14.0 Å². The van der Waals surface area contributed by atoms with Crippen LogP contribution in [0.4, 0.5) is 0 Å². The lowest BCUT2D eigenvalue weighted by atomic mass is 9.93. The maximum atomic E-state index is 13.2. The van der Waals surface area contributed by atoms with Crippen molar-refractivity contribution in [2.24, 2.45) is 11.7 Å². The molecule has 0 aliphatic carbocycles. The zero-order valence-corrected chi connectivity index (χ0v) is 14.6. The van der Waals surface area contributed by atoms with Gasteiger partial charge in [-0.1, -0.05) is 24.3 Å². The summed E-state index contributed by atoms with van der Waals surface area (Å²) in [6.07, 6.45) is 2.94. The Hall–Kier alpha value is -2.60. The Morgan fingerprint density at radius 1 is 1.15 bits per heavy atom. The van der Waals surface area contributed by atoms with Crippen LogP contribution in [0.25, 0.3) is 0 Å². The van der Waals surface area contributed by atoms with Crippen molar-refractivity contribution in [1.82, 2.24) is 9.80 Å². The number of nitrogens with zero attached hydrogens (tertiary/aromatic N) is 2. The zero-order chi connectivity index (χ0) is 18.1. The normalized spacial score (nSPS) is 22.3. The molecule has 4 rings (SSSR count). The van der Waals surface area contributed by atoms with Crippen molar-refractivity contribution in [3.05, 3.63) is 59.5 Å². The summed E-state index contributed by atoms with van der Waals surface area (Å²) in [5, 5.41) is 0. The molecule has 2 aliphatic rings. The van der Waals surface area contributed by atoms with E-state index in [4.69, 9.17) is 10.2 Å². The number of rotatable bonds is 3. The zero-order valence-electron chi connectivity index (χ0n) is 14.6. The fourth-order valence-corrected chi connectivity index (χ4v) is 3.93. The number of likely N-dealkylation sites (tertiary alicyclic amines) is 1. The highest BCUT2D eigenvalue weighted by atomic mass is 16.3. The summed E-state index contributed by atoms with van der Waals surface area (Å²) in [6, 6.07) is 10.8. The van der Waals surface area contributed by atoms with Crippen LogP contribution in [0.3, 0.4) is 0 Å². The van der Waals surface area contributed by atoms with Crippen LogP contribution >= 0.6 is 0 Å². The number of carbonyl (C=O) groups excluding carboxylic acids is 2. The lowest BCUT2D eigenvalue weighted by Gasteiger charge is -2.37. The molecule has 3 heterocycles. The topological polar surface area (TPSA) is 79.8 Å². The number of amides is 2. The van der Waals surface area contributed by atoms with Gasteiger partial charge < -0.3 is 20.0 Å². The van der Waals surface area contributed by atoms with Crippen LogP contribution in [0.5, 0.6) is 0 Å². The van der Waals surface area contributed by atoms with Gasteiger partial charge in [-0.3, -0.25) is 9.59 Å². The smallest absolute Gasteiger partial charge is 0.290 e. The fourth-order valence-electron chi connectivity index (χ4n) is 3.93. The first-order valence-electron chi connectivity index (χ1n) is 9.07. The van der Waals surface area contributed by atoms with Crippen molar-refractivity contribution in [2.75, 3.05) is 19.6 Å². The average molecular weight is 353 g/mol. The summed E-state index contributed by atoms with van der Waals surface area (Å²) in [6.45, 7) is 2.39. The minimum absolute atomic E-state index is 0.00959. The minimum Gasteiger partial charge on any atom is -0.459 e. The quantitative estimate of drug-likeness (QED) is 0.910. The van der Waals surface area contributed by atoms with Gasteiger partial charge >= 0.3 is 0 Å². The van der Waals surface area contributed by atoms with Crippen molar-refractivity contribution in [3.8, 4) is 0 Å². The summed E-state index contributed by atoms with van der Waals surface area (Å²) >= 11 is 0. The standard InChI is InChI=1S/C20H23N3O3/c21-11-14-7-8-22(12-14)19(24)17-10-15-4-1-2-5-16(15)13-23(17)20(25)18-6-3-9-26-18/h1-6,9,14,17H,7-8,10-13,21H2. The van der Waals surface area contributed by atoms with Crippen LogP contribution in [0.15, 0.2) is 47.1 Å². The minimum atomic E-state index is -0.501. The average Bonchev–Trinajstić information content (AvgIpc) is 3.37. The number of fused-ring (bicyclic) bond motifs is 1. The van der Waals surface area contributed by atoms with Gasteiger partial charge in [0.2, 0.25) is 5.91 Å². The number of furan rings is 1. The number of hydrogen-bond donors (Lipinski definition) is 1. The molecule has 1 fully saturated rings. The largest absolute Gasteiger partial charge is 0.459 e. The molecule has 6 nitrogen and oxygen atoms in total. The Balaban J connectivity index is 1.63. The molecule has 2 aromatic rings. The van der Waals surface area contributed by atoms with Gasteiger partial charge in [-0.2, -0.15) is 0 Å². The van der Waals surface area contributed by atoms with Crippen LogP contribution in [0.2, 0.25) is 0 Å². The van der Waals surface area contributed by atoms with Gasteiger partial charge in [0.1, 0.15) is 6.04 Å². The fraction of sp³-hybridized carbons (Fsp3) is 0.400. The van der Waals surface area contributed by atoms with Gasteiger partial charge in [0.05, 0.1) is 6.26 Å². The van der Waals surface area contributed by atoms with Crippen molar-refractivity contribution in [3.63, 3.8) is 0 Å². The summed E-state index contributed by atoms with van der Waals surface area (Å²) < 4.78 is 5.29. The van der Waals surface area contributed by atoms with Gasteiger partial charge in [0.25, 0.3) is 5.91 Å². The first-order chi connectivity index (χ1) is 12.7. The third-order valence-electron chi connectivity index (χ3n) is 5.46. The van der Waals surface area contributed by atoms with Crippen LogP contribution in [-0.4, -0.2) is 47.3 Å². The second kappa shape index (κ2) is 6.96. The van der Waals surface area contributed by atoms with E-state index in [1.807, 2.05) is 29.2 Å². The van der Waals surface area contributed by atoms with Crippen molar-refractivity contribution in [1.29, 1.82) is 0 Å². The number of nitrogens with two attached hydrogens (primary N) is 1. The van der Waals surface area contributed by atoms with Gasteiger partial charge in [-0.05, 0) is 42.1 Å².